The lowest BCUT2D eigenvalue weighted by Crippen LogP contribution is -2.17. The number of hydrogen-bond donors (Lipinski definition) is 3. The molecule has 0 unspecified atom stereocenters. The van der Waals surface area contributed by atoms with Crippen molar-refractivity contribution in [2.24, 2.45) is 5.73 Å². The largest absolute Gasteiger partial charge is 0.416 e. The minimum Gasteiger partial charge on any atom is -0.398 e. The van der Waals surface area contributed by atoms with Crippen molar-refractivity contribution >= 4 is 5.69 Å². The van der Waals surface area contributed by atoms with Crippen LogP contribution in [0.1, 0.15) is 17.2 Å². The van der Waals surface area contributed by atoms with E-state index in [0.29, 0.717) is 5.56 Å². The van der Waals surface area contributed by atoms with Crippen LogP contribution in [0.3, 0.4) is 0 Å². The van der Waals surface area contributed by atoms with Crippen molar-refractivity contribution in [1.82, 2.24) is 0 Å². The third-order valence-corrected chi connectivity index (χ3v) is 2.01. The molecule has 0 saturated heterocycles. The Morgan fingerprint density at radius 2 is 1.93 bits per heavy atom. The number of aliphatic hydroxyl groups excluding tert-OH is 1. The van der Waals surface area contributed by atoms with Crippen LogP contribution in [0.2, 0.25) is 0 Å². The van der Waals surface area contributed by atoms with E-state index >= 15 is 0 Å². The van der Waals surface area contributed by atoms with Crippen molar-refractivity contribution in [1.29, 1.82) is 0 Å². The molecule has 0 bridgehead atoms. The van der Waals surface area contributed by atoms with Gasteiger partial charge in [0.15, 0.2) is 0 Å². The van der Waals surface area contributed by atoms with Crippen LogP contribution in [-0.2, 0) is 6.18 Å². The average Bonchev–Trinajstić information content (AvgIpc) is 2.15. The zero-order chi connectivity index (χ0) is 11.6. The smallest absolute Gasteiger partial charge is 0.398 e. The molecular formula is C9H11F3N2O. The van der Waals surface area contributed by atoms with E-state index in [1.807, 2.05) is 0 Å². The van der Waals surface area contributed by atoms with Gasteiger partial charge in [-0.2, -0.15) is 13.2 Å². The second kappa shape index (κ2) is 4.08. The normalized spacial score (nSPS) is 13.9. The number of aliphatic hydroxyl groups is 1. The summed E-state index contributed by atoms with van der Waals surface area (Å²) < 4.78 is 36.7. The van der Waals surface area contributed by atoms with Gasteiger partial charge < -0.3 is 16.6 Å². The average molecular weight is 220 g/mol. The van der Waals surface area contributed by atoms with Gasteiger partial charge in [-0.1, -0.05) is 6.07 Å². The third kappa shape index (κ3) is 2.60. The Hall–Kier alpha value is -1.27. The van der Waals surface area contributed by atoms with E-state index in [2.05, 4.69) is 0 Å². The van der Waals surface area contributed by atoms with Crippen LogP contribution in [-0.4, -0.2) is 11.7 Å². The molecule has 0 aliphatic carbocycles. The van der Waals surface area contributed by atoms with E-state index < -0.39 is 17.8 Å². The maximum Gasteiger partial charge on any atom is 0.416 e. The lowest BCUT2D eigenvalue weighted by atomic mass is 10.0. The lowest BCUT2D eigenvalue weighted by Gasteiger charge is -2.14. The topological polar surface area (TPSA) is 72.3 Å². The summed E-state index contributed by atoms with van der Waals surface area (Å²) in [7, 11) is 0. The summed E-state index contributed by atoms with van der Waals surface area (Å²) in [6.07, 6.45) is -4.42. The van der Waals surface area contributed by atoms with Crippen molar-refractivity contribution in [2.75, 3.05) is 12.3 Å². The van der Waals surface area contributed by atoms with E-state index in [9.17, 15) is 13.2 Å². The fourth-order valence-electron chi connectivity index (χ4n) is 1.19. The van der Waals surface area contributed by atoms with Crippen LogP contribution in [0, 0.1) is 0 Å². The van der Waals surface area contributed by atoms with E-state index in [0.717, 1.165) is 12.1 Å². The molecule has 15 heavy (non-hydrogen) atoms. The molecule has 5 N–H and O–H groups in total. The fraction of sp³-hybridized carbons (Fsp3) is 0.333. The minimum atomic E-state index is -4.42. The highest BCUT2D eigenvalue weighted by Gasteiger charge is 2.31. The van der Waals surface area contributed by atoms with Crippen LogP contribution in [0.5, 0.6) is 0 Å². The summed E-state index contributed by atoms with van der Waals surface area (Å²) in [5.41, 5.74) is 10.3. The maximum atomic E-state index is 12.2. The molecule has 1 rings (SSSR count). The standard InChI is InChI=1S/C9H11F3N2O/c10-9(11,12)5-1-2-6(7(13)3-5)8(14)4-15/h1-3,8,15H,4,13-14H2/t8-/m1/s1. The van der Waals surface area contributed by atoms with Gasteiger partial charge in [0.2, 0.25) is 0 Å². The van der Waals surface area contributed by atoms with Crippen LogP contribution in [0.25, 0.3) is 0 Å². The monoisotopic (exact) mass is 220 g/mol. The Balaban J connectivity index is 3.09. The van der Waals surface area contributed by atoms with Crippen molar-refractivity contribution in [3.8, 4) is 0 Å². The molecule has 0 amide bonds. The first-order valence-electron chi connectivity index (χ1n) is 4.19. The van der Waals surface area contributed by atoms with Crippen molar-refractivity contribution in [3.05, 3.63) is 29.3 Å². The number of hydrogen-bond acceptors (Lipinski definition) is 3. The minimum absolute atomic E-state index is 0.0635. The Morgan fingerprint density at radius 1 is 1.33 bits per heavy atom. The Morgan fingerprint density at radius 3 is 2.33 bits per heavy atom. The van der Waals surface area contributed by atoms with Gasteiger partial charge in [0.1, 0.15) is 0 Å². The van der Waals surface area contributed by atoms with Crippen LogP contribution in [0.4, 0.5) is 18.9 Å². The van der Waals surface area contributed by atoms with Crippen LogP contribution < -0.4 is 11.5 Å². The molecule has 0 heterocycles. The fourth-order valence-corrected chi connectivity index (χ4v) is 1.19. The summed E-state index contributed by atoms with van der Waals surface area (Å²) >= 11 is 0. The second-order valence-electron chi connectivity index (χ2n) is 3.13. The Bertz CT molecular complexity index is 352. The molecule has 3 nitrogen and oxygen atoms in total. The number of nitrogens with two attached hydrogens (primary N) is 2. The van der Waals surface area contributed by atoms with E-state index in [1.54, 1.807) is 0 Å². The summed E-state index contributed by atoms with van der Waals surface area (Å²) in [5.74, 6) is 0. The number of rotatable bonds is 2. The summed E-state index contributed by atoms with van der Waals surface area (Å²) in [6.45, 7) is -0.366. The molecule has 0 fully saturated rings. The molecule has 0 aliphatic heterocycles. The van der Waals surface area contributed by atoms with Gasteiger partial charge >= 0.3 is 6.18 Å². The van der Waals surface area contributed by atoms with Crippen molar-refractivity contribution < 1.29 is 18.3 Å². The highest BCUT2D eigenvalue weighted by Crippen LogP contribution is 2.32. The van der Waals surface area contributed by atoms with Gasteiger partial charge in [0.25, 0.3) is 0 Å². The highest BCUT2D eigenvalue weighted by molar-refractivity contribution is 5.51. The SMILES string of the molecule is Nc1cc(C(F)(F)F)ccc1[C@H](N)CO. The molecule has 1 aromatic rings. The zero-order valence-electron chi connectivity index (χ0n) is 7.75. The van der Waals surface area contributed by atoms with Gasteiger partial charge in [-0.25, -0.2) is 0 Å². The highest BCUT2D eigenvalue weighted by atomic mass is 19.4. The quantitative estimate of drug-likeness (QED) is 0.657. The first-order valence-corrected chi connectivity index (χ1v) is 4.19. The molecule has 0 saturated carbocycles. The maximum absolute atomic E-state index is 12.2. The Labute approximate surface area is 84.5 Å². The number of benzene rings is 1. The molecule has 84 valence electrons. The first kappa shape index (κ1) is 11.8. The number of nitrogen functional groups attached to an aromatic ring is 1. The molecule has 0 aromatic heterocycles. The van der Waals surface area contributed by atoms with E-state index in [1.165, 1.54) is 6.07 Å². The van der Waals surface area contributed by atoms with Crippen molar-refractivity contribution in [3.63, 3.8) is 0 Å². The lowest BCUT2D eigenvalue weighted by molar-refractivity contribution is -0.137. The van der Waals surface area contributed by atoms with Gasteiger partial charge in [0.05, 0.1) is 18.2 Å². The van der Waals surface area contributed by atoms with Gasteiger partial charge in [-0.05, 0) is 17.7 Å². The number of halogens is 3. The van der Waals surface area contributed by atoms with Crippen LogP contribution in [0.15, 0.2) is 18.2 Å². The van der Waals surface area contributed by atoms with Gasteiger partial charge in [-0.3, -0.25) is 0 Å². The second-order valence-corrected chi connectivity index (χ2v) is 3.13. The molecular weight excluding hydrogens is 209 g/mol. The predicted octanol–water partition coefficient (Wildman–Crippen LogP) is 1.28. The summed E-state index contributed by atoms with van der Waals surface area (Å²) in [6, 6.07) is 2.12. The number of alkyl halides is 3. The first-order chi connectivity index (χ1) is 6.86. The summed E-state index contributed by atoms with van der Waals surface area (Å²) in [4.78, 5) is 0. The summed E-state index contributed by atoms with van der Waals surface area (Å²) in [5, 5.41) is 8.74. The van der Waals surface area contributed by atoms with Crippen molar-refractivity contribution in [2.45, 2.75) is 12.2 Å². The van der Waals surface area contributed by atoms with E-state index in [-0.39, 0.29) is 12.3 Å². The molecule has 0 aliphatic rings. The predicted molar refractivity (Wildman–Crippen MR) is 49.9 cm³/mol. The third-order valence-electron chi connectivity index (χ3n) is 2.01. The van der Waals surface area contributed by atoms with Gasteiger partial charge in [-0.15, -0.1) is 0 Å². The molecule has 1 atom stereocenters. The molecule has 6 heteroatoms. The molecule has 1 aromatic carbocycles. The van der Waals surface area contributed by atoms with Crippen LogP contribution >= 0.6 is 0 Å². The number of anilines is 1. The molecule has 0 radical (unpaired) electrons. The van der Waals surface area contributed by atoms with Gasteiger partial charge in [0, 0.05) is 5.69 Å². The molecule has 0 spiro atoms. The zero-order valence-corrected chi connectivity index (χ0v) is 7.75. The van der Waals surface area contributed by atoms with E-state index in [4.69, 9.17) is 16.6 Å². The Kier molecular flexibility index (Phi) is 3.21.